The molecule has 7 heteroatoms. The van der Waals surface area contributed by atoms with Crippen molar-refractivity contribution in [1.29, 1.82) is 0 Å². The highest BCUT2D eigenvalue weighted by atomic mass is 19.1. The summed E-state index contributed by atoms with van der Waals surface area (Å²) in [5.74, 6) is 0.803. The largest absolute Gasteiger partial charge is 0.493 e. The Morgan fingerprint density at radius 3 is 2.38 bits per heavy atom. The second-order valence-electron chi connectivity index (χ2n) is 7.27. The number of nitrogens with one attached hydrogen (secondary N) is 2. The lowest BCUT2D eigenvalue weighted by Crippen LogP contribution is -2.32. The van der Waals surface area contributed by atoms with Gasteiger partial charge in [0.2, 0.25) is 5.75 Å². The molecule has 1 aromatic heterocycles. The maximum atomic E-state index is 13.5. The van der Waals surface area contributed by atoms with Gasteiger partial charge in [-0.1, -0.05) is 0 Å². The number of carbonyl (C=O) groups excluding carboxylic acids is 1. The van der Waals surface area contributed by atoms with Crippen LogP contribution in [0.3, 0.4) is 0 Å². The Morgan fingerprint density at radius 2 is 1.79 bits per heavy atom. The first-order valence-corrected chi connectivity index (χ1v) is 9.36. The normalized spacial score (nSPS) is 14.5. The summed E-state index contributed by atoms with van der Waals surface area (Å²) in [5, 5.41) is 4.02. The molecule has 0 radical (unpaired) electrons. The summed E-state index contributed by atoms with van der Waals surface area (Å²) in [4.78, 5) is 16.0. The predicted octanol–water partition coefficient (Wildman–Crippen LogP) is 3.79. The fourth-order valence-electron chi connectivity index (χ4n) is 3.79. The highest BCUT2D eigenvalue weighted by Gasteiger charge is 2.46. The maximum Gasteiger partial charge on any atom is 0.251 e. The monoisotopic (exact) mass is 398 g/mol. The topological polar surface area (TPSA) is 72.6 Å². The number of hydrogen-bond acceptors (Lipinski definition) is 4. The molecule has 1 aliphatic carbocycles. The maximum absolute atomic E-state index is 13.5. The van der Waals surface area contributed by atoms with E-state index in [2.05, 4.69) is 10.3 Å². The number of fused-ring (bicyclic) bond motifs is 1. The number of halogens is 1. The summed E-state index contributed by atoms with van der Waals surface area (Å²) < 4.78 is 29.4. The second-order valence-corrected chi connectivity index (χ2v) is 7.27. The Morgan fingerprint density at radius 1 is 1.10 bits per heavy atom. The van der Waals surface area contributed by atoms with E-state index in [0.29, 0.717) is 29.4 Å². The Bertz CT molecular complexity index is 1050. The van der Waals surface area contributed by atoms with Gasteiger partial charge < -0.3 is 24.5 Å². The van der Waals surface area contributed by atoms with Crippen LogP contribution in [0.25, 0.3) is 10.9 Å². The molecule has 1 heterocycles. The van der Waals surface area contributed by atoms with Crippen molar-refractivity contribution in [2.75, 3.05) is 27.9 Å². The van der Waals surface area contributed by atoms with Crippen molar-refractivity contribution in [3.05, 3.63) is 53.5 Å². The zero-order valence-corrected chi connectivity index (χ0v) is 16.6. The number of aromatic amines is 1. The zero-order chi connectivity index (χ0) is 20.6. The van der Waals surface area contributed by atoms with Gasteiger partial charge in [0.05, 0.1) is 21.3 Å². The first-order valence-electron chi connectivity index (χ1n) is 9.36. The number of methoxy groups -OCH3 is 3. The number of rotatable bonds is 7. The molecule has 6 nitrogen and oxygen atoms in total. The van der Waals surface area contributed by atoms with Gasteiger partial charge in [0.15, 0.2) is 11.5 Å². The molecule has 152 valence electrons. The van der Waals surface area contributed by atoms with Gasteiger partial charge in [-0.25, -0.2) is 4.39 Å². The number of amides is 1. The van der Waals surface area contributed by atoms with Gasteiger partial charge in [0.25, 0.3) is 5.91 Å². The first kappa shape index (κ1) is 19.1. The summed E-state index contributed by atoms with van der Waals surface area (Å²) in [6, 6.07) is 8.00. The molecule has 4 rings (SSSR count). The average Bonchev–Trinajstić information content (AvgIpc) is 3.41. The lowest BCUT2D eigenvalue weighted by molar-refractivity contribution is 0.0949. The van der Waals surface area contributed by atoms with Crippen LogP contribution in [-0.2, 0) is 5.41 Å². The van der Waals surface area contributed by atoms with Crippen molar-refractivity contribution in [2.45, 2.75) is 18.3 Å². The molecule has 1 saturated carbocycles. The van der Waals surface area contributed by atoms with Gasteiger partial charge in [-0.2, -0.15) is 0 Å². The van der Waals surface area contributed by atoms with E-state index in [4.69, 9.17) is 14.2 Å². The van der Waals surface area contributed by atoms with E-state index >= 15 is 0 Å². The van der Waals surface area contributed by atoms with Crippen molar-refractivity contribution in [1.82, 2.24) is 10.3 Å². The fraction of sp³-hybridized carbons (Fsp3) is 0.318. The molecule has 1 aliphatic rings. The van der Waals surface area contributed by atoms with E-state index < -0.39 is 0 Å². The molecule has 0 unspecified atom stereocenters. The van der Waals surface area contributed by atoms with Crippen LogP contribution in [0.15, 0.2) is 36.5 Å². The molecule has 1 amide bonds. The van der Waals surface area contributed by atoms with Crippen LogP contribution >= 0.6 is 0 Å². The molecule has 3 aromatic rings. The molecule has 0 aliphatic heterocycles. The van der Waals surface area contributed by atoms with E-state index in [0.717, 1.165) is 29.3 Å². The van der Waals surface area contributed by atoms with E-state index in [-0.39, 0.29) is 17.1 Å². The van der Waals surface area contributed by atoms with E-state index in [9.17, 15) is 9.18 Å². The highest BCUT2D eigenvalue weighted by Crippen LogP contribution is 2.50. The van der Waals surface area contributed by atoms with Crippen LogP contribution in [0.1, 0.15) is 28.8 Å². The Labute approximate surface area is 168 Å². The van der Waals surface area contributed by atoms with Crippen LogP contribution in [-0.4, -0.2) is 38.8 Å². The smallest absolute Gasteiger partial charge is 0.251 e. The van der Waals surface area contributed by atoms with E-state index in [1.807, 2.05) is 6.20 Å². The zero-order valence-electron chi connectivity index (χ0n) is 16.6. The molecule has 29 heavy (non-hydrogen) atoms. The van der Waals surface area contributed by atoms with Gasteiger partial charge in [0.1, 0.15) is 5.82 Å². The number of H-pyrrole nitrogens is 1. The van der Waals surface area contributed by atoms with Gasteiger partial charge in [-0.15, -0.1) is 0 Å². The molecular formula is C22H23FN2O4. The minimum absolute atomic E-state index is 0.133. The number of hydrogen-bond donors (Lipinski definition) is 2. The third-order valence-corrected chi connectivity index (χ3v) is 5.58. The van der Waals surface area contributed by atoms with E-state index in [1.54, 1.807) is 18.2 Å². The Balaban J connectivity index is 1.55. The van der Waals surface area contributed by atoms with Gasteiger partial charge in [-0.3, -0.25) is 4.79 Å². The van der Waals surface area contributed by atoms with Crippen molar-refractivity contribution in [3.8, 4) is 17.2 Å². The van der Waals surface area contributed by atoms with Gasteiger partial charge in [-0.05, 0) is 48.7 Å². The fourth-order valence-corrected chi connectivity index (χ4v) is 3.79. The molecule has 0 atom stereocenters. The Hall–Kier alpha value is -3.22. The molecule has 0 spiro atoms. The molecule has 1 fully saturated rings. The quantitative estimate of drug-likeness (QED) is 0.635. The lowest BCUT2D eigenvalue weighted by Gasteiger charge is -2.17. The van der Waals surface area contributed by atoms with Crippen LogP contribution in [0.4, 0.5) is 4.39 Å². The summed E-state index contributed by atoms with van der Waals surface area (Å²) in [5.41, 5.74) is 2.17. The van der Waals surface area contributed by atoms with Crippen molar-refractivity contribution in [3.63, 3.8) is 0 Å². The van der Waals surface area contributed by atoms with Crippen molar-refractivity contribution >= 4 is 16.8 Å². The lowest BCUT2D eigenvalue weighted by atomic mass is 9.95. The SMILES string of the molecule is COc1cc(C(=O)NCC2(c3c[nH]c4cc(F)ccc34)CC2)cc(OC)c1OC. The predicted molar refractivity (Wildman–Crippen MR) is 108 cm³/mol. The molecule has 2 aromatic carbocycles. The molecular weight excluding hydrogens is 375 g/mol. The summed E-state index contributed by atoms with van der Waals surface area (Å²) in [6.45, 7) is 0.493. The standard InChI is InChI=1S/C22H23FN2O4/c1-27-18-8-13(9-19(28-2)20(18)29-3)21(26)25-12-22(6-7-22)16-11-24-17-10-14(23)4-5-15(16)17/h4-5,8-11,24H,6-7,12H2,1-3H3,(H,25,26). The number of benzene rings is 2. The second kappa shape index (κ2) is 7.31. The van der Waals surface area contributed by atoms with E-state index in [1.165, 1.54) is 33.5 Å². The van der Waals surface area contributed by atoms with Crippen LogP contribution in [0.2, 0.25) is 0 Å². The van der Waals surface area contributed by atoms with Crippen LogP contribution in [0.5, 0.6) is 17.2 Å². The van der Waals surface area contributed by atoms with Crippen LogP contribution < -0.4 is 19.5 Å². The van der Waals surface area contributed by atoms with Crippen LogP contribution in [0, 0.1) is 5.82 Å². The molecule has 2 N–H and O–H groups in total. The van der Waals surface area contributed by atoms with Crippen molar-refractivity contribution in [2.24, 2.45) is 0 Å². The highest BCUT2D eigenvalue weighted by molar-refractivity contribution is 5.96. The number of ether oxygens (including phenoxy) is 3. The molecule has 0 bridgehead atoms. The minimum Gasteiger partial charge on any atom is -0.493 e. The van der Waals surface area contributed by atoms with Gasteiger partial charge in [0, 0.05) is 34.6 Å². The first-order chi connectivity index (χ1) is 14.0. The third-order valence-electron chi connectivity index (χ3n) is 5.58. The minimum atomic E-state index is -0.272. The van der Waals surface area contributed by atoms with Gasteiger partial charge >= 0.3 is 0 Å². The summed E-state index contributed by atoms with van der Waals surface area (Å²) in [6.07, 6.45) is 3.85. The molecule has 0 saturated heterocycles. The summed E-state index contributed by atoms with van der Waals surface area (Å²) >= 11 is 0. The number of aromatic nitrogens is 1. The third kappa shape index (κ3) is 3.37. The summed E-state index contributed by atoms with van der Waals surface area (Å²) in [7, 11) is 4.54. The Kier molecular flexibility index (Phi) is 4.82. The van der Waals surface area contributed by atoms with Crippen molar-refractivity contribution < 1.29 is 23.4 Å². The number of carbonyl (C=O) groups is 1. The average molecular weight is 398 g/mol.